The number of nitrogens with zero attached hydrogens (tertiary/aromatic N) is 1. The van der Waals surface area contributed by atoms with Gasteiger partial charge in [0.1, 0.15) is 0 Å². The van der Waals surface area contributed by atoms with Gasteiger partial charge in [0, 0.05) is 12.1 Å². The lowest BCUT2D eigenvalue weighted by Gasteiger charge is -2.19. The van der Waals surface area contributed by atoms with Crippen molar-refractivity contribution in [3.05, 3.63) is 23.8 Å². The Hall–Kier alpha value is -1.26. The molecule has 96 valence electrons. The molecule has 0 heterocycles. The summed E-state index contributed by atoms with van der Waals surface area (Å²) < 4.78 is 10.7. The second kappa shape index (κ2) is 7.14. The van der Waals surface area contributed by atoms with Crippen molar-refractivity contribution in [3.8, 4) is 11.5 Å². The molecular weight excluding hydrogens is 216 g/mol. The van der Waals surface area contributed by atoms with Gasteiger partial charge in [0.05, 0.1) is 14.2 Å². The lowest BCUT2D eigenvalue weighted by molar-refractivity contribution is 0.307. The fourth-order valence-corrected chi connectivity index (χ4v) is 1.81. The summed E-state index contributed by atoms with van der Waals surface area (Å²) in [4.78, 5) is 2.23. The van der Waals surface area contributed by atoms with Gasteiger partial charge in [-0.05, 0) is 32.6 Å². The number of para-hydroxylation sites is 1. The zero-order valence-electron chi connectivity index (χ0n) is 10.9. The van der Waals surface area contributed by atoms with Crippen LogP contribution in [-0.2, 0) is 6.54 Å². The molecule has 2 N–H and O–H groups in total. The normalized spacial score (nSPS) is 10.6. The van der Waals surface area contributed by atoms with Crippen molar-refractivity contribution in [3.63, 3.8) is 0 Å². The Labute approximate surface area is 103 Å². The van der Waals surface area contributed by atoms with Crippen LogP contribution in [0.1, 0.15) is 12.0 Å². The Morgan fingerprint density at radius 1 is 1.24 bits per heavy atom. The summed E-state index contributed by atoms with van der Waals surface area (Å²) in [6.45, 7) is 2.54. The zero-order chi connectivity index (χ0) is 12.7. The maximum atomic E-state index is 5.50. The summed E-state index contributed by atoms with van der Waals surface area (Å²) in [7, 11) is 5.40. The monoisotopic (exact) mass is 238 g/mol. The Balaban J connectivity index is 2.75. The van der Waals surface area contributed by atoms with Gasteiger partial charge < -0.3 is 20.1 Å². The van der Waals surface area contributed by atoms with Crippen LogP contribution in [0, 0.1) is 0 Å². The minimum Gasteiger partial charge on any atom is -0.493 e. The summed E-state index contributed by atoms with van der Waals surface area (Å²) in [5.74, 6) is 1.59. The standard InChI is InChI=1S/C13H22N2O2/c1-15(9-5-8-14)10-11-6-4-7-12(16-2)13(11)17-3/h4,6-7H,5,8-10,14H2,1-3H3. The van der Waals surface area contributed by atoms with E-state index in [0.29, 0.717) is 0 Å². The predicted octanol–water partition coefficient (Wildman–Crippen LogP) is 1.48. The molecule has 0 aliphatic carbocycles. The summed E-state index contributed by atoms with van der Waals surface area (Å²) in [5.41, 5.74) is 6.63. The molecule has 0 unspecified atom stereocenters. The number of rotatable bonds is 7. The fourth-order valence-electron chi connectivity index (χ4n) is 1.81. The highest BCUT2D eigenvalue weighted by Gasteiger charge is 2.10. The third kappa shape index (κ3) is 3.91. The molecule has 0 aliphatic heterocycles. The summed E-state index contributed by atoms with van der Waals surface area (Å²) in [5, 5.41) is 0. The van der Waals surface area contributed by atoms with Crippen molar-refractivity contribution in [2.75, 3.05) is 34.4 Å². The van der Waals surface area contributed by atoms with Crippen LogP contribution in [-0.4, -0.2) is 39.3 Å². The van der Waals surface area contributed by atoms with Crippen molar-refractivity contribution in [1.82, 2.24) is 4.90 Å². The summed E-state index contributed by atoms with van der Waals surface area (Å²) in [6, 6.07) is 5.94. The van der Waals surface area contributed by atoms with E-state index in [9.17, 15) is 0 Å². The summed E-state index contributed by atoms with van der Waals surface area (Å²) >= 11 is 0. The number of benzene rings is 1. The van der Waals surface area contributed by atoms with Gasteiger partial charge in [-0.15, -0.1) is 0 Å². The SMILES string of the molecule is COc1cccc(CN(C)CCCN)c1OC. The Morgan fingerprint density at radius 3 is 2.59 bits per heavy atom. The zero-order valence-corrected chi connectivity index (χ0v) is 10.9. The molecule has 0 amide bonds. The number of hydrogen-bond acceptors (Lipinski definition) is 4. The van der Waals surface area contributed by atoms with E-state index in [-0.39, 0.29) is 0 Å². The maximum Gasteiger partial charge on any atom is 0.165 e. The second-order valence-electron chi connectivity index (χ2n) is 4.03. The Bertz CT molecular complexity index is 342. The molecule has 0 fully saturated rings. The molecule has 4 nitrogen and oxygen atoms in total. The molecule has 0 aliphatic rings. The molecule has 4 heteroatoms. The van der Waals surface area contributed by atoms with E-state index in [1.807, 2.05) is 12.1 Å². The van der Waals surface area contributed by atoms with E-state index >= 15 is 0 Å². The average Bonchev–Trinajstić information content (AvgIpc) is 2.35. The van der Waals surface area contributed by atoms with Gasteiger partial charge in [0.15, 0.2) is 11.5 Å². The molecule has 17 heavy (non-hydrogen) atoms. The molecule has 0 atom stereocenters. The van der Waals surface area contributed by atoms with E-state index in [2.05, 4.69) is 18.0 Å². The van der Waals surface area contributed by atoms with E-state index in [0.717, 1.165) is 43.1 Å². The fraction of sp³-hybridized carbons (Fsp3) is 0.538. The number of nitrogens with two attached hydrogens (primary N) is 1. The maximum absolute atomic E-state index is 5.50. The first-order valence-electron chi connectivity index (χ1n) is 5.81. The van der Waals surface area contributed by atoms with Crippen molar-refractivity contribution in [2.45, 2.75) is 13.0 Å². The Kier molecular flexibility index (Phi) is 5.80. The third-order valence-electron chi connectivity index (χ3n) is 2.67. The van der Waals surface area contributed by atoms with Crippen LogP contribution in [0.5, 0.6) is 11.5 Å². The lowest BCUT2D eigenvalue weighted by Crippen LogP contribution is -2.21. The first-order chi connectivity index (χ1) is 8.22. The van der Waals surface area contributed by atoms with Gasteiger partial charge in [0.2, 0.25) is 0 Å². The van der Waals surface area contributed by atoms with Crippen LogP contribution in [0.15, 0.2) is 18.2 Å². The molecule has 0 saturated heterocycles. The van der Waals surface area contributed by atoms with E-state index in [1.165, 1.54) is 0 Å². The largest absolute Gasteiger partial charge is 0.493 e. The van der Waals surface area contributed by atoms with Gasteiger partial charge in [0.25, 0.3) is 0 Å². The van der Waals surface area contributed by atoms with Crippen LogP contribution in [0.3, 0.4) is 0 Å². The predicted molar refractivity (Wildman–Crippen MR) is 69.6 cm³/mol. The van der Waals surface area contributed by atoms with Crippen LogP contribution in [0.4, 0.5) is 0 Å². The topological polar surface area (TPSA) is 47.7 Å². The van der Waals surface area contributed by atoms with Gasteiger partial charge in [-0.3, -0.25) is 0 Å². The molecule has 1 aromatic carbocycles. The first kappa shape index (κ1) is 13.8. The van der Waals surface area contributed by atoms with Crippen LogP contribution >= 0.6 is 0 Å². The third-order valence-corrected chi connectivity index (χ3v) is 2.67. The minimum atomic E-state index is 0.722. The van der Waals surface area contributed by atoms with Gasteiger partial charge in [-0.1, -0.05) is 12.1 Å². The minimum absolute atomic E-state index is 0.722. The summed E-state index contributed by atoms with van der Waals surface area (Å²) in [6.07, 6.45) is 1.00. The first-order valence-corrected chi connectivity index (χ1v) is 5.81. The number of hydrogen-bond donors (Lipinski definition) is 1. The number of methoxy groups -OCH3 is 2. The van der Waals surface area contributed by atoms with Crippen LogP contribution in [0.25, 0.3) is 0 Å². The highest BCUT2D eigenvalue weighted by molar-refractivity contribution is 5.46. The molecule has 0 spiro atoms. The van der Waals surface area contributed by atoms with E-state index in [1.54, 1.807) is 14.2 Å². The second-order valence-corrected chi connectivity index (χ2v) is 4.03. The van der Waals surface area contributed by atoms with E-state index < -0.39 is 0 Å². The molecule has 0 saturated carbocycles. The van der Waals surface area contributed by atoms with Crippen molar-refractivity contribution in [2.24, 2.45) is 5.73 Å². The Morgan fingerprint density at radius 2 is 2.00 bits per heavy atom. The average molecular weight is 238 g/mol. The van der Waals surface area contributed by atoms with Crippen molar-refractivity contribution < 1.29 is 9.47 Å². The highest BCUT2D eigenvalue weighted by atomic mass is 16.5. The molecule has 0 bridgehead atoms. The van der Waals surface area contributed by atoms with Gasteiger partial charge in [-0.2, -0.15) is 0 Å². The molecule has 0 aromatic heterocycles. The highest BCUT2D eigenvalue weighted by Crippen LogP contribution is 2.31. The van der Waals surface area contributed by atoms with Gasteiger partial charge in [-0.25, -0.2) is 0 Å². The molecular formula is C13H22N2O2. The van der Waals surface area contributed by atoms with Crippen LogP contribution in [0.2, 0.25) is 0 Å². The van der Waals surface area contributed by atoms with E-state index in [4.69, 9.17) is 15.2 Å². The molecule has 0 radical (unpaired) electrons. The van der Waals surface area contributed by atoms with Crippen molar-refractivity contribution in [1.29, 1.82) is 0 Å². The van der Waals surface area contributed by atoms with Gasteiger partial charge >= 0.3 is 0 Å². The molecule has 1 rings (SSSR count). The smallest absolute Gasteiger partial charge is 0.165 e. The van der Waals surface area contributed by atoms with Crippen LogP contribution < -0.4 is 15.2 Å². The lowest BCUT2D eigenvalue weighted by atomic mass is 10.1. The molecule has 1 aromatic rings. The van der Waals surface area contributed by atoms with Crippen molar-refractivity contribution >= 4 is 0 Å². The number of ether oxygens (including phenoxy) is 2. The quantitative estimate of drug-likeness (QED) is 0.781.